The first-order valence-electron chi connectivity index (χ1n) is 9.56. The number of carbonyl (C=O) groups is 3. The zero-order valence-electron chi connectivity index (χ0n) is 16.2. The third kappa shape index (κ3) is 3.58. The lowest BCUT2D eigenvalue weighted by atomic mass is 9.82. The molecule has 2 aromatic carbocycles. The number of allylic oxidation sites excluding steroid dienone is 2. The summed E-state index contributed by atoms with van der Waals surface area (Å²) in [5.74, 6) is -1.31. The third-order valence-electron chi connectivity index (χ3n) is 5.64. The molecule has 1 aliphatic heterocycles. The van der Waals surface area contributed by atoms with Gasteiger partial charge >= 0.3 is 0 Å². The fourth-order valence-electron chi connectivity index (χ4n) is 4.00. The fourth-order valence-corrected chi connectivity index (χ4v) is 4.17. The minimum atomic E-state index is -0.328. The van der Waals surface area contributed by atoms with Crippen molar-refractivity contribution >= 4 is 40.7 Å². The van der Waals surface area contributed by atoms with E-state index in [2.05, 4.69) is 5.32 Å². The van der Waals surface area contributed by atoms with Gasteiger partial charge in [0.05, 0.1) is 17.5 Å². The van der Waals surface area contributed by atoms with Crippen molar-refractivity contribution < 1.29 is 14.4 Å². The van der Waals surface area contributed by atoms with Gasteiger partial charge in [0.2, 0.25) is 11.8 Å². The second-order valence-corrected chi connectivity index (χ2v) is 8.12. The Labute approximate surface area is 174 Å². The van der Waals surface area contributed by atoms with E-state index < -0.39 is 0 Å². The minimum Gasteiger partial charge on any atom is -0.322 e. The third-order valence-corrected chi connectivity index (χ3v) is 5.87. The van der Waals surface area contributed by atoms with Crippen LogP contribution in [-0.2, 0) is 9.59 Å². The number of imide groups is 1. The van der Waals surface area contributed by atoms with Gasteiger partial charge < -0.3 is 5.32 Å². The Hall–Kier alpha value is -2.92. The number of rotatable bonds is 3. The molecule has 2 aromatic rings. The van der Waals surface area contributed by atoms with E-state index in [-0.39, 0.29) is 29.6 Å². The van der Waals surface area contributed by atoms with Crippen LogP contribution in [0, 0.1) is 18.8 Å². The normalized spacial score (nSPS) is 21.1. The van der Waals surface area contributed by atoms with Crippen molar-refractivity contribution in [1.82, 2.24) is 0 Å². The highest BCUT2D eigenvalue weighted by Gasteiger charge is 2.48. The first-order valence-corrected chi connectivity index (χ1v) is 9.94. The van der Waals surface area contributed by atoms with Crippen LogP contribution in [0.25, 0.3) is 0 Å². The van der Waals surface area contributed by atoms with Crippen molar-refractivity contribution in [2.75, 3.05) is 10.2 Å². The summed E-state index contributed by atoms with van der Waals surface area (Å²) in [6, 6.07) is 11.9. The highest BCUT2D eigenvalue weighted by molar-refractivity contribution is 6.31. The topological polar surface area (TPSA) is 66.5 Å². The average molecular weight is 409 g/mol. The molecule has 0 radical (unpaired) electrons. The van der Waals surface area contributed by atoms with E-state index in [0.29, 0.717) is 34.8 Å². The summed E-state index contributed by atoms with van der Waals surface area (Å²) in [6.45, 7) is 3.86. The number of fused-ring (bicyclic) bond motifs is 1. The number of halogens is 1. The molecule has 148 valence electrons. The molecule has 1 aliphatic carbocycles. The maximum absolute atomic E-state index is 12.9. The molecule has 0 aromatic heterocycles. The van der Waals surface area contributed by atoms with Crippen molar-refractivity contribution in [2.24, 2.45) is 11.8 Å². The molecule has 1 fully saturated rings. The summed E-state index contributed by atoms with van der Waals surface area (Å²) in [6.07, 6.45) is 3.23. The fraction of sp³-hybridized carbons (Fsp3) is 0.261. The van der Waals surface area contributed by atoms with Crippen LogP contribution < -0.4 is 10.2 Å². The molecule has 4 rings (SSSR count). The largest absolute Gasteiger partial charge is 0.322 e. The van der Waals surface area contributed by atoms with Crippen LogP contribution in [-0.4, -0.2) is 17.7 Å². The molecule has 2 atom stereocenters. The van der Waals surface area contributed by atoms with Crippen molar-refractivity contribution in [2.45, 2.75) is 26.7 Å². The highest BCUT2D eigenvalue weighted by Crippen LogP contribution is 2.39. The number of aryl methyl sites for hydroxylation is 1. The molecular weight excluding hydrogens is 388 g/mol. The number of hydrogen-bond donors (Lipinski definition) is 1. The molecule has 0 spiro atoms. The number of benzene rings is 2. The summed E-state index contributed by atoms with van der Waals surface area (Å²) >= 11 is 6.02. The molecule has 1 saturated heterocycles. The number of amides is 3. The SMILES string of the molecule is CC1=CC[C@H]2C(=O)N(c3cccc(C(=O)Nc4cc(Cl)ccc4C)c3)C(=O)[C@@H]2C1. The molecule has 5 nitrogen and oxygen atoms in total. The predicted molar refractivity (Wildman–Crippen MR) is 113 cm³/mol. The molecular formula is C23H21ClN2O3. The highest BCUT2D eigenvalue weighted by atomic mass is 35.5. The number of anilines is 2. The van der Waals surface area contributed by atoms with Crippen LogP contribution in [0.15, 0.2) is 54.1 Å². The van der Waals surface area contributed by atoms with Gasteiger partial charge in [0.15, 0.2) is 0 Å². The van der Waals surface area contributed by atoms with Crippen molar-refractivity contribution in [3.63, 3.8) is 0 Å². The molecule has 3 amide bonds. The maximum atomic E-state index is 12.9. The van der Waals surface area contributed by atoms with Gasteiger partial charge in [0.25, 0.3) is 5.91 Å². The Balaban J connectivity index is 1.59. The molecule has 29 heavy (non-hydrogen) atoms. The second-order valence-electron chi connectivity index (χ2n) is 7.68. The van der Waals surface area contributed by atoms with E-state index in [1.807, 2.05) is 26.0 Å². The molecule has 1 N–H and O–H groups in total. The summed E-state index contributed by atoms with van der Waals surface area (Å²) < 4.78 is 0. The average Bonchev–Trinajstić information content (AvgIpc) is 2.94. The van der Waals surface area contributed by atoms with Gasteiger partial charge in [-0.1, -0.05) is 35.4 Å². The van der Waals surface area contributed by atoms with Crippen molar-refractivity contribution in [1.29, 1.82) is 0 Å². The maximum Gasteiger partial charge on any atom is 0.255 e. The Morgan fingerprint density at radius 1 is 1.07 bits per heavy atom. The first-order chi connectivity index (χ1) is 13.8. The van der Waals surface area contributed by atoms with E-state index in [9.17, 15) is 14.4 Å². The summed E-state index contributed by atoms with van der Waals surface area (Å²) in [7, 11) is 0. The zero-order valence-corrected chi connectivity index (χ0v) is 17.0. The molecule has 6 heteroatoms. The molecule has 0 saturated carbocycles. The van der Waals surface area contributed by atoms with Crippen molar-refractivity contribution in [3.05, 3.63) is 70.3 Å². The van der Waals surface area contributed by atoms with E-state index in [0.717, 1.165) is 11.1 Å². The lowest BCUT2D eigenvalue weighted by Gasteiger charge is -2.18. The Morgan fingerprint density at radius 2 is 1.83 bits per heavy atom. The molecule has 1 heterocycles. The van der Waals surface area contributed by atoms with E-state index in [4.69, 9.17) is 11.6 Å². The van der Waals surface area contributed by atoms with Gasteiger partial charge in [0, 0.05) is 16.3 Å². The van der Waals surface area contributed by atoms with Crippen LogP contribution in [0.1, 0.15) is 35.7 Å². The number of nitrogens with one attached hydrogen (secondary N) is 1. The minimum absolute atomic E-state index is 0.185. The second kappa shape index (κ2) is 7.48. The van der Waals surface area contributed by atoms with Gasteiger partial charge in [-0.2, -0.15) is 0 Å². The molecule has 0 unspecified atom stereocenters. The van der Waals surface area contributed by atoms with Gasteiger partial charge in [-0.15, -0.1) is 0 Å². The summed E-state index contributed by atoms with van der Waals surface area (Å²) in [5, 5.41) is 3.37. The van der Waals surface area contributed by atoms with Gasteiger partial charge in [0.1, 0.15) is 0 Å². The van der Waals surface area contributed by atoms with Gasteiger partial charge in [-0.3, -0.25) is 19.3 Å². The van der Waals surface area contributed by atoms with Crippen LogP contribution in [0.2, 0.25) is 5.02 Å². The van der Waals surface area contributed by atoms with Gasteiger partial charge in [-0.25, -0.2) is 0 Å². The molecule has 0 bridgehead atoms. The van der Waals surface area contributed by atoms with Crippen LogP contribution in [0.4, 0.5) is 11.4 Å². The number of nitrogens with zero attached hydrogens (tertiary/aromatic N) is 1. The Bertz CT molecular complexity index is 1060. The van der Waals surface area contributed by atoms with Crippen LogP contribution in [0.5, 0.6) is 0 Å². The summed E-state index contributed by atoms with van der Waals surface area (Å²) in [4.78, 5) is 39.8. The van der Waals surface area contributed by atoms with E-state index >= 15 is 0 Å². The Morgan fingerprint density at radius 3 is 2.62 bits per heavy atom. The monoisotopic (exact) mass is 408 g/mol. The predicted octanol–water partition coefficient (Wildman–Crippen LogP) is 4.75. The number of hydrogen-bond acceptors (Lipinski definition) is 3. The zero-order chi connectivity index (χ0) is 20.7. The standard InChI is InChI=1S/C23H21ClN2O3/c1-13-6-9-18-19(10-13)23(29)26(22(18)28)17-5-3-4-15(11-17)21(27)25-20-12-16(24)8-7-14(20)2/h3-8,11-12,18-19H,9-10H2,1-2H3,(H,25,27)/t18-,19-/m1/s1. The summed E-state index contributed by atoms with van der Waals surface area (Å²) in [5.41, 5.74) is 3.44. The quantitative estimate of drug-likeness (QED) is 0.588. The van der Waals surface area contributed by atoms with E-state index in [1.165, 1.54) is 4.90 Å². The van der Waals surface area contributed by atoms with Crippen LogP contribution in [0.3, 0.4) is 0 Å². The lowest BCUT2D eigenvalue weighted by molar-refractivity contribution is -0.122. The van der Waals surface area contributed by atoms with Gasteiger partial charge in [-0.05, 0) is 62.6 Å². The Kier molecular flexibility index (Phi) is 5.01. The van der Waals surface area contributed by atoms with Crippen molar-refractivity contribution in [3.8, 4) is 0 Å². The smallest absolute Gasteiger partial charge is 0.255 e. The molecule has 2 aliphatic rings. The van der Waals surface area contributed by atoms with E-state index in [1.54, 1.807) is 36.4 Å². The lowest BCUT2D eigenvalue weighted by Crippen LogP contribution is -2.31. The van der Waals surface area contributed by atoms with Crippen LogP contribution >= 0.6 is 11.6 Å². The first kappa shape index (κ1) is 19.4. The number of carbonyl (C=O) groups excluding carboxylic acids is 3.